The minimum atomic E-state index is -1.08. The van der Waals surface area contributed by atoms with Gasteiger partial charge in [0.25, 0.3) is 5.78 Å². The van der Waals surface area contributed by atoms with Gasteiger partial charge in [0.05, 0.1) is 23.9 Å². The summed E-state index contributed by atoms with van der Waals surface area (Å²) in [7, 11) is 0. The van der Waals surface area contributed by atoms with Crippen molar-refractivity contribution in [3.63, 3.8) is 0 Å². The molecule has 1 atom stereocenters. The average Bonchev–Trinajstić information content (AvgIpc) is 3.60. The Morgan fingerprint density at radius 3 is 2.26 bits per heavy atom. The molecule has 4 aromatic carbocycles. The SMILES string of the molecule is CCOC(=O)c1sc(N2C(=O)C(=O)/C(=C(/O)c3ccc(OCc4ccccc4)cc3)C2c2cccc(Oc3ccccc3)c2)nc1C. The minimum Gasteiger partial charge on any atom is -0.507 e. The maximum Gasteiger partial charge on any atom is 0.350 e. The van der Waals surface area contributed by atoms with E-state index in [0.29, 0.717) is 40.7 Å². The van der Waals surface area contributed by atoms with Crippen LogP contribution in [0.3, 0.4) is 0 Å². The molecule has 1 aromatic heterocycles. The van der Waals surface area contributed by atoms with Crippen LogP contribution in [0.1, 0.15) is 45.0 Å². The molecule has 2 heterocycles. The van der Waals surface area contributed by atoms with E-state index in [1.165, 1.54) is 4.90 Å². The maximum absolute atomic E-state index is 13.7. The van der Waals surface area contributed by atoms with Crippen LogP contribution in [0, 0.1) is 6.92 Å². The Bertz CT molecular complexity index is 1950. The van der Waals surface area contributed by atoms with Crippen molar-refractivity contribution in [2.24, 2.45) is 0 Å². The van der Waals surface area contributed by atoms with Gasteiger partial charge in [0.15, 0.2) is 5.13 Å². The zero-order valence-corrected chi connectivity index (χ0v) is 26.4. The highest BCUT2D eigenvalue weighted by atomic mass is 32.1. The van der Waals surface area contributed by atoms with Gasteiger partial charge in [-0.1, -0.05) is 72.0 Å². The van der Waals surface area contributed by atoms with Crippen LogP contribution in [-0.2, 0) is 20.9 Å². The second kappa shape index (κ2) is 13.7. The summed E-state index contributed by atoms with van der Waals surface area (Å²) in [6.07, 6.45) is 0. The van der Waals surface area contributed by atoms with Gasteiger partial charge in [-0.2, -0.15) is 0 Å². The lowest BCUT2D eigenvalue weighted by atomic mass is 9.95. The Morgan fingerprint density at radius 2 is 1.55 bits per heavy atom. The molecule has 1 aliphatic rings. The molecule has 9 nitrogen and oxygen atoms in total. The molecule has 6 rings (SSSR count). The third-order valence-corrected chi connectivity index (χ3v) is 8.56. The number of anilines is 1. The standard InChI is InChI=1S/C37H30N2O7S/c1-3-44-36(43)34-23(2)38-37(47-34)39-31(26-13-10-16-29(21-26)46-28-14-8-5-9-15-28)30(33(41)35(39)42)32(40)25-17-19-27(20-18-25)45-22-24-11-6-4-7-12-24/h4-21,31,40H,3,22H2,1-2H3/b32-30+. The van der Waals surface area contributed by atoms with Crippen LogP contribution in [0.2, 0.25) is 0 Å². The lowest BCUT2D eigenvalue weighted by Crippen LogP contribution is -2.29. The number of benzene rings is 4. The molecule has 236 valence electrons. The Hall–Kier alpha value is -5.74. The van der Waals surface area contributed by atoms with Gasteiger partial charge in [0.1, 0.15) is 34.5 Å². The van der Waals surface area contributed by atoms with Crippen LogP contribution in [0.25, 0.3) is 5.76 Å². The predicted octanol–water partition coefficient (Wildman–Crippen LogP) is 7.63. The molecule has 1 fully saturated rings. The lowest BCUT2D eigenvalue weighted by molar-refractivity contribution is -0.132. The largest absolute Gasteiger partial charge is 0.507 e. The van der Waals surface area contributed by atoms with Gasteiger partial charge in [-0.05, 0) is 73.5 Å². The zero-order valence-electron chi connectivity index (χ0n) is 25.6. The van der Waals surface area contributed by atoms with Crippen molar-refractivity contribution in [3.8, 4) is 17.2 Å². The molecule has 0 spiro atoms. The monoisotopic (exact) mass is 646 g/mol. The Balaban J connectivity index is 1.40. The van der Waals surface area contributed by atoms with Crippen LogP contribution in [0.5, 0.6) is 17.2 Å². The summed E-state index contributed by atoms with van der Waals surface area (Å²) < 4.78 is 17.1. The summed E-state index contributed by atoms with van der Waals surface area (Å²) in [6, 6.07) is 31.4. The maximum atomic E-state index is 13.7. The summed E-state index contributed by atoms with van der Waals surface area (Å²) >= 11 is 0.946. The van der Waals surface area contributed by atoms with Gasteiger partial charge >= 0.3 is 11.9 Å². The predicted molar refractivity (Wildman–Crippen MR) is 178 cm³/mol. The van der Waals surface area contributed by atoms with Crippen LogP contribution >= 0.6 is 11.3 Å². The van der Waals surface area contributed by atoms with Gasteiger partial charge < -0.3 is 19.3 Å². The summed E-state index contributed by atoms with van der Waals surface area (Å²) in [5.74, 6) is -1.09. The third kappa shape index (κ3) is 6.63. The quantitative estimate of drug-likeness (QED) is 0.0713. The molecule has 0 radical (unpaired) electrons. The second-order valence-corrected chi connectivity index (χ2v) is 11.6. The first kappa shape index (κ1) is 31.3. The number of thiazole rings is 1. The molecular weight excluding hydrogens is 616 g/mol. The van der Waals surface area contributed by atoms with Crippen molar-refractivity contribution >= 4 is 39.9 Å². The summed E-state index contributed by atoms with van der Waals surface area (Å²) in [5, 5.41) is 11.8. The average molecular weight is 647 g/mol. The molecule has 10 heteroatoms. The van der Waals surface area contributed by atoms with E-state index in [1.807, 2.05) is 48.5 Å². The van der Waals surface area contributed by atoms with E-state index < -0.39 is 23.7 Å². The van der Waals surface area contributed by atoms with Crippen molar-refractivity contribution in [2.45, 2.75) is 26.5 Å². The van der Waals surface area contributed by atoms with Gasteiger partial charge in [-0.25, -0.2) is 9.78 Å². The number of nitrogens with zero attached hydrogens (tertiary/aromatic N) is 2. The van der Waals surface area contributed by atoms with Crippen LogP contribution in [-0.4, -0.2) is 34.4 Å². The smallest absolute Gasteiger partial charge is 0.350 e. The molecule has 1 amide bonds. The van der Waals surface area contributed by atoms with E-state index in [0.717, 1.165) is 16.9 Å². The van der Waals surface area contributed by atoms with Gasteiger partial charge in [-0.15, -0.1) is 0 Å². The van der Waals surface area contributed by atoms with Crippen LogP contribution < -0.4 is 14.4 Å². The fourth-order valence-electron chi connectivity index (χ4n) is 5.19. The molecule has 5 aromatic rings. The molecule has 1 N–H and O–H groups in total. The molecule has 1 aliphatic heterocycles. The van der Waals surface area contributed by atoms with Crippen LogP contribution in [0.15, 0.2) is 115 Å². The van der Waals surface area contributed by atoms with Gasteiger partial charge in [0.2, 0.25) is 0 Å². The van der Waals surface area contributed by atoms with E-state index in [1.54, 1.807) is 74.5 Å². The molecule has 47 heavy (non-hydrogen) atoms. The van der Waals surface area contributed by atoms with Crippen molar-refractivity contribution in [3.05, 3.63) is 142 Å². The number of aliphatic hydroxyl groups excluding tert-OH is 1. The topological polar surface area (TPSA) is 115 Å². The third-order valence-electron chi connectivity index (χ3n) is 7.43. The van der Waals surface area contributed by atoms with Crippen molar-refractivity contribution in [1.82, 2.24) is 4.98 Å². The molecule has 0 bridgehead atoms. The summed E-state index contributed by atoms with van der Waals surface area (Å²) in [4.78, 5) is 46.0. The minimum absolute atomic E-state index is 0.121. The fourth-order valence-corrected chi connectivity index (χ4v) is 6.18. The molecule has 1 saturated heterocycles. The lowest BCUT2D eigenvalue weighted by Gasteiger charge is -2.23. The first-order valence-corrected chi connectivity index (χ1v) is 15.7. The number of amides is 1. The highest BCUT2D eigenvalue weighted by molar-refractivity contribution is 7.17. The van der Waals surface area contributed by atoms with Crippen molar-refractivity contribution in [2.75, 3.05) is 11.5 Å². The number of ketones is 1. The highest BCUT2D eigenvalue weighted by Crippen LogP contribution is 2.45. The first-order valence-electron chi connectivity index (χ1n) is 14.9. The van der Waals surface area contributed by atoms with E-state index in [-0.39, 0.29) is 27.9 Å². The summed E-state index contributed by atoms with van der Waals surface area (Å²) in [6.45, 7) is 3.85. The molecule has 0 aliphatic carbocycles. The Labute approximate surface area is 275 Å². The zero-order chi connectivity index (χ0) is 32.9. The van der Waals surface area contributed by atoms with E-state index in [2.05, 4.69) is 4.98 Å². The number of esters is 1. The van der Waals surface area contributed by atoms with Crippen LogP contribution in [0.4, 0.5) is 5.13 Å². The number of carbonyl (C=O) groups excluding carboxylic acids is 3. The fraction of sp³-hybridized carbons (Fsp3) is 0.135. The van der Waals surface area contributed by atoms with E-state index >= 15 is 0 Å². The number of ether oxygens (including phenoxy) is 3. The number of para-hydroxylation sites is 1. The molecular formula is C37H30N2O7S. The number of hydrogen-bond donors (Lipinski definition) is 1. The summed E-state index contributed by atoms with van der Waals surface area (Å²) in [5.41, 5.74) is 2.04. The second-order valence-electron chi connectivity index (χ2n) is 10.6. The Kier molecular flexibility index (Phi) is 9.12. The van der Waals surface area contributed by atoms with Crippen molar-refractivity contribution in [1.29, 1.82) is 0 Å². The van der Waals surface area contributed by atoms with Gasteiger partial charge in [-0.3, -0.25) is 14.5 Å². The first-order chi connectivity index (χ1) is 22.8. The number of rotatable bonds is 10. The normalized spacial score (nSPS) is 15.4. The van der Waals surface area contributed by atoms with Gasteiger partial charge in [0, 0.05) is 5.56 Å². The van der Waals surface area contributed by atoms with E-state index in [4.69, 9.17) is 14.2 Å². The van der Waals surface area contributed by atoms with E-state index in [9.17, 15) is 19.5 Å². The number of aryl methyl sites for hydroxylation is 1. The number of carbonyl (C=O) groups is 3. The highest BCUT2D eigenvalue weighted by Gasteiger charge is 2.48. The number of aromatic nitrogens is 1. The van der Waals surface area contributed by atoms with Crippen molar-refractivity contribution < 1.29 is 33.7 Å². The number of aliphatic hydroxyl groups is 1. The molecule has 1 unspecified atom stereocenters. The number of hydrogen-bond acceptors (Lipinski definition) is 9. The number of Topliss-reactive ketones (excluding diaryl/α,β-unsaturated/α-hetero) is 1. The molecule has 0 saturated carbocycles. The Morgan fingerprint density at radius 1 is 0.872 bits per heavy atom.